The molecule has 1 amide bonds. The van der Waals surface area contributed by atoms with Gasteiger partial charge < -0.3 is 16.2 Å². The Kier molecular flexibility index (Phi) is 4.14. The molecule has 0 bridgehead atoms. The number of nitrogens with two attached hydrogens (primary N) is 1. The quantitative estimate of drug-likeness (QED) is 0.640. The van der Waals surface area contributed by atoms with Crippen molar-refractivity contribution in [3.05, 3.63) is 0 Å². The molecule has 5 heteroatoms. The molecule has 98 valence electrons. The molecule has 1 rings (SSSR count). The number of nitrogens with one attached hydrogen (secondary N) is 1. The van der Waals surface area contributed by atoms with E-state index >= 15 is 0 Å². The van der Waals surface area contributed by atoms with E-state index in [0.717, 1.165) is 6.42 Å². The second-order valence-electron chi connectivity index (χ2n) is 5.24. The van der Waals surface area contributed by atoms with Gasteiger partial charge in [-0.1, -0.05) is 13.3 Å². The van der Waals surface area contributed by atoms with Crippen LogP contribution in [0.15, 0.2) is 0 Å². The number of carbonyl (C=O) groups is 2. The molecule has 1 aliphatic rings. The maximum Gasteiger partial charge on any atom is 0.311 e. The van der Waals surface area contributed by atoms with Gasteiger partial charge in [-0.15, -0.1) is 0 Å². The minimum atomic E-state index is -0.810. The lowest BCUT2D eigenvalue weighted by Crippen LogP contribution is -2.51. The van der Waals surface area contributed by atoms with Crippen molar-refractivity contribution in [2.45, 2.75) is 39.5 Å². The monoisotopic (exact) mass is 242 g/mol. The molecule has 1 saturated carbocycles. The largest absolute Gasteiger partial charge is 0.481 e. The topological polar surface area (TPSA) is 92.4 Å². The van der Waals surface area contributed by atoms with E-state index < -0.39 is 16.8 Å². The van der Waals surface area contributed by atoms with Crippen molar-refractivity contribution in [3.63, 3.8) is 0 Å². The van der Waals surface area contributed by atoms with Crippen molar-refractivity contribution in [1.29, 1.82) is 0 Å². The van der Waals surface area contributed by atoms with E-state index in [0.29, 0.717) is 19.3 Å². The third-order valence-corrected chi connectivity index (χ3v) is 4.13. The molecule has 0 radical (unpaired) electrons. The summed E-state index contributed by atoms with van der Waals surface area (Å²) in [5.74, 6) is -0.954. The van der Waals surface area contributed by atoms with Crippen molar-refractivity contribution in [1.82, 2.24) is 5.32 Å². The maximum atomic E-state index is 12.0. The third-order valence-electron chi connectivity index (χ3n) is 4.13. The first-order chi connectivity index (χ1) is 7.90. The minimum absolute atomic E-state index is 0.143. The summed E-state index contributed by atoms with van der Waals surface area (Å²) in [6.45, 7) is 4.20. The van der Waals surface area contributed by atoms with Gasteiger partial charge in [-0.05, 0) is 26.2 Å². The van der Waals surface area contributed by atoms with Crippen molar-refractivity contribution in [2.24, 2.45) is 16.6 Å². The molecule has 0 spiro atoms. The summed E-state index contributed by atoms with van der Waals surface area (Å²) in [5.41, 5.74) is 4.26. The number of carboxylic acids is 1. The van der Waals surface area contributed by atoms with Crippen LogP contribution in [0.5, 0.6) is 0 Å². The summed E-state index contributed by atoms with van der Waals surface area (Å²) >= 11 is 0. The number of carbonyl (C=O) groups excluding carboxylic acids is 1. The summed E-state index contributed by atoms with van der Waals surface area (Å²) in [4.78, 5) is 23.1. The molecule has 5 nitrogen and oxygen atoms in total. The fourth-order valence-electron chi connectivity index (χ4n) is 1.93. The van der Waals surface area contributed by atoms with E-state index in [1.807, 2.05) is 6.92 Å². The number of amides is 1. The van der Waals surface area contributed by atoms with Crippen LogP contribution in [-0.2, 0) is 9.59 Å². The molecule has 0 aliphatic heterocycles. The van der Waals surface area contributed by atoms with Crippen LogP contribution in [0.3, 0.4) is 0 Å². The summed E-state index contributed by atoms with van der Waals surface area (Å²) in [6.07, 6.45) is 2.86. The first-order valence-corrected chi connectivity index (χ1v) is 6.12. The Bertz CT molecular complexity index is 307. The van der Waals surface area contributed by atoms with Crippen LogP contribution >= 0.6 is 0 Å². The maximum absolute atomic E-state index is 12.0. The lowest BCUT2D eigenvalue weighted by atomic mass is 9.68. The molecular formula is C12H22N2O3. The molecule has 1 unspecified atom stereocenters. The molecule has 4 N–H and O–H groups in total. The van der Waals surface area contributed by atoms with Crippen LogP contribution < -0.4 is 11.1 Å². The van der Waals surface area contributed by atoms with Crippen molar-refractivity contribution < 1.29 is 14.7 Å². The van der Waals surface area contributed by atoms with Crippen LogP contribution in [0.1, 0.15) is 39.5 Å². The summed E-state index contributed by atoms with van der Waals surface area (Å²) in [7, 11) is 0. The zero-order valence-electron chi connectivity index (χ0n) is 10.6. The fraction of sp³-hybridized carbons (Fsp3) is 0.833. The third kappa shape index (κ3) is 2.60. The average Bonchev–Trinajstić information content (AvgIpc) is 2.25. The molecule has 0 aromatic carbocycles. The van der Waals surface area contributed by atoms with Crippen molar-refractivity contribution in [2.75, 3.05) is 13.1 Å². The molecule has 0 saturated heterocycles. The Morgan fingerprint density at radius 2 is 2.06 bits per heavy atom. The number of hydrogen-bond donors (Lipinski definition) is 3. The van der Waals surface area contributed by atoms with Gasteiger partial charge in [-0.3, -0.25) is 9.59 Å². The van der Waals surface area contributed by atoms with Crippen molar-refractivity contribution >= 4 is 11.9 Å². The van der Waals surface area contributed by atoms with E-state index in [4.69, 9.17) is 10.8 Å². The van der Waals surface area contributed by atoms with Gasteiger partial charge in [0, 0.05) is 13.1 Å². The Balaban J connectivity index is 2.56. The summed E-state index contributed by atoms with van der Waals surface area (Å²) < 4.78 is 0. The van der Waals surface area contributed by atoms with Gasteiger partial charge in [0.25, 0.3) is 0 Å². The van der Waals surface area contributed by atoms with E-state index in [2.05, 4.69) is 5.32 Å². The fourth-order valence-corrected chi connectivity index (χ4v) is 1.93. The highest BCUT2D eigenvalue weighted by Gasteiger charge is 2.45. The first-order valence-electron chi connectivity index (χ1n) is 6.12. The molecule has 17 heavy (non-hydrogen) atoms. The molecule has 1 fully saturated rings. The predicted octanol–water partition coefficient (Wildman–Crippen LogP) is 0.733. The Morgan fingerprint density at radius 1 is 1.47 bits per heavy atom. The SMILES string of the molecule is CCC(C)(CN)C(=O)NCC1(C(=O)O)CCC1. The lowest BCUT2D eigenvalue weighted by Gasteiger charge is -2.38. The van der Waals surface area contributed by atoms with Gasteiger partial charge in [0.15, 0.2) is 0 Å². The number of aliphatic carboxylic acids is 1. The summed E-state index contributed by atoms with van der Waals surface area (Å²) in [5, 5.41) is 11.9. The van der Waals surface area contributed by atoms with Gasteiger partial charge in [-0.2, -0.15) is 0 Å². The summed E-state index contributed by atoms with van der Waals surface area (Å²) in [6, 6.07) is 0. The minimum Gasteiger partial charge on any atom is -0.481 e. The van der Waals surface area contributed by atoms with E-state index in [-0.39, 0.29) is 19.0 Å². The van der Waals surface area contributed by atoms with Crippen LogP contribution in [0.25, 0.3) is 0 Å². The second kappa shape index (κ2) is 5.04. The highest BCUT2D eigenvalue weighted by molar-refractivity contribution is 5.83. The highest BCUT2D eigenvalue weighted by atomic mass is 16.4. The van der Waals surface area contributed by atoms with Gasteiger partial charge in [0.05, 0.1) is 10.8 Å². The van der Waals surface area contributed by atoms with E-state index in [1.165, 1.54) is 0 Å². The van der Waals surface area contributed by atoms with E-state index in [9.17, 15) is 9.59 Å². The van der Waals surface area contributed by atoms with Gasteiger partial charge in [0.1, 0.15) is 0 Å². The predicted molar refractivity (Wildman–Crippen MR) is 64.4 cm³/mol. The Hall–Kier alpha value is -1.10. The number of carboxylic acid groups (broad SMARTS) is 1. The zero-order chi connectivity index (χ0) is 13.1. The Labute approximate surface area is 102 Å². The van der Waals surface area contributed by atoms with Crippen LogP contribution in [0.4, 0.5) is 0 Å². The number of hydrogen-bond acceptors (Lipinski definition) is 3. The molecule has 0 aromatic rings. The smallest absolute Gasteiger partial charge is 0.311 e. The second-order valence-corrected chi connectivity index (χ2v) is 5.24. The van der Waals surface area contributed by atoms with Crippen LogP contribution in [0.2, 0.25) is 0 Å². The average molecular weight is 242 g/mol. The molecular weight excluding hydrogens is 220 g/mol. The molecule has 0 aromatic heterocycles. The van der Waals surface area contributed by atoms with Gasteiger partial charge in [-0.25, -0.2) is 0 Å². The van der Waals surface area contributed by atoms with Crippen LogP contribution in [-0.4, -0.2) is 30.1 Å². The van der Waals surface area contributed by atoms with Crippen molar-refractivity contribution in [3.8, 4) is 0 Å². The Morgan fingerprint density at radius 3 is 2.35 bits per heavy atom. The number of rotatable bonds is 6. The zero-order valence-corrected chi connectivity index (χ0v) is 10.6. The molecule has 1 aliphatic carbocycles. The molecule has 0 heterocycles. The molecule has 1 atom stereocenters. The van der Waals surface area contributed by atoms with E-state index in [1.54, 1.807) is 6.92 Å². The normalized spacial score (nSPS) is 21.1. The standard InChI is InChI=1S/C12H22N2O3/c1-3-11(2,7-13)9(15)14-8-12(10(16)17)5-4-6-12/h3-8,13H2,1-2H3,(H,14,15)(H,16,17). The van der Waals surface area contributed by atoms with Crippen LogP contribution in [0, 0.1) is 10.8 Å². The lowest BCUT2D eigenvalue weighted by molar-refractivity contribution is -0.154. The highest BCUT2D eigenvalue weighted by Crippen LogP contribution is 2.40. The first kappa shape index (κ1) is 14.0. The van der Waals surface area contributed by atoms with Gasteiger partial charge in [0.2, 0.25) is 5.91 Å². The van der Waals surface area contributed by atoms with Gasteiger partial charge >= 0.3 is 5.97 Å².